The van der Waals surface area contributed by atoms with E-state index in [-0.39, 0.29) is 13.2 Å². The summed E-state index contributed by atoms with van der Waals surface area (Å²) < 4.78 is 9.23. The SMILES string of the molecule is COCC(NC(=O)N(C)CC(C)C(=O)OC)C(=O)O. The monoisotopic (exact) mass is 276 g/mol. The lowest BCUT2D eigenvalue weighted by atomic mass is 10.2. The van der Waals surface area contributed by atoms with Gasteiger partial charge >= 0.3 is 18.0 Å². The molecule has 8 heteroatoms. The molecule has 0 aliphatic heterocycles. The predicted molar refractivity (Wildman–Crippen MR) is 65.6 cm³/mol. The zero-order valence-electron chi connectivity index (χ0n) is 11.5. The van der Waals surface area contributed by atoms with Crippen LogP contribution in [0.4, 0.5) is 4.79 Å². The second-order valence-electron chi connectivity index (χ2n) is 4.10. The number of methoxy groups -OCH3 is 2. The Morgan fingerprint density at radius 2 is 1.89 bits per heavy atom. The lowest BCUT2D eigenvalue weighted by Crippen LogP contribution is -2.49. The van der Waals surface area contributed by atoms with Crippen molar-refractivity contribution in [2.24, 2.45) is 5.92 Å². The van der Waals surface area contributed by atoms with Gasteiger partial charge in [0.25, 0.3) is 0 Å². The third-order valence-corrected chi connectivity index (χ3v) is 2.43. The third-order valence-electron chi connectivity index (χ3n) is 2.43. The molecule has 19 heavy (non-hydrogen) atoms. The summed E-state index contributed by atoms with van der Waals surface area (Å²) in [6.45, 7) is 1.60. The van der Waals surface area contributed by atoms with Crippen molar-refractivity contribution in [3.63, 3.8) is 0 Å². The second-order valence-corrected chi connectivity index (χ2v) is 4.10. The van der Waals surface area contributed by atoms with Crippen molar-refractivity contribution in [2.75, 3.05) is 34.4 Å². The molecule has 0 aromatic carbocycles. The molecule has 110 valence electrons. The van der Waals surface area contributed by atoms with Crippen molar-refractivity contribution in [1.82, 2.24) is 10.2 Å². The molecule has 2 atom stereocenters. The van der Waals surface area contributed by atoms with Crippen LogP contribution in [0, 0.1) is 5.92 Å². The molecule has 2 N–H and O–H groups in total. The minimum atomic E-state index is -1.19. The number of esters is 1. The Bertz CT molecular complexity index is 333. The van der Waals surface area contributed by atoms with Crippen LogP contribution in [-0.2, 0) is 19.1 Å². The molecule has 0 aromatic heterocycles. The molecular formula is C11H20N2O6. The lowest BCUT2D eigenvalue weighted by molar-refractivity contribution is -0.145. The van der Waals surface area contributed by atoms with Crippen LogP contribution in [0.2, 0.25) is 0 Å². The Labute approximate surface area is 111 Å². The van der Waals surface area contributed by atoms with Gasteiger partial charge in [-0.25, -0.2) is 9.59 Å². The molecule has 0 saturated heterocycles. The van der Waals surface area contributed by atoms with E-state index in [1.807, 2.05) is 0 Å². The normalized spacial score (nSPS) is 13.3. The number of rotatable bonds is 7. The highest BCUT2D eigenvalue weighted by Gasteiger charge is 2.23. The highest BCUT2D eigenvalue weighted by molar-refractivity contribution is 5.83. The Morgan fingerprint density at radius 1 is 1.32 bits per heavy atom. The van der Waals surface area contributed by atoms with Gasteiger partial charge in [0.2, 0.25) is 0 Å². The van der Waals surface area contributed by atoms with Gasteiger partial charge in [-0.05, 0) is 0 Å². The molecule has 8 nitrogen and oxygen atoms in total. The number of carbonyl (C=O) groups is 3. The molecule has 0 radical (unpaired) electrons. The minimum Gasteiger partial charge on any atom is -0.480 e. The molecule has 0 aliphatic rings. The van der Waals surface area contributed by atoms with E-state index in [1.165, 1.54) is 26.2 Å². The van der Waals surface area contributed by atoms with Crippen LogP contribution >= 0.6 is 0 Å². The van der Waals surface area contributed by atoms with Crippen LogP contribution in [0.5, 0.6) is 0 Å². The summed E-state index contributed by atoms with van der Waals surface area (Å²) in [5.74, 6) is -2.12. The number of carbonyl (C=O) groups excluding carboxylic acids is 2. The van der Waals surface area contributed by atoms with E-state index in [0.717, 1.165) is 0 Å². The van der Waals surface area contributed by atoms with E-state index in [9.17, 15) is 14.4 Å². The molecule has 2 amide bonds. The van der Waals surface area contributed by atoms with Gasteiger partial charge in [-0.3, -0.25) is 4.79 Å². The van der Waals surface area contributed by atoms with E-state index in [1.54, 1.807) is 6.92 Å². The third kappa shape index (κ3) is 6.05. The maximum absolute atomic E-state index is 11.7. The summed E-state index contributed by atoms with van der Waals surface area (Å²) in [6, 6.07) is -1.73. The fourth-order valence-electron chi connectivity index (χ4n) is 1.37. The van der Waals surface area contributed by atoms with Gasteiger partial charge in [-0.15, -0.1) is 0 Å². The number of urea groups is 1. The van der Waals surface area contributed by atoms with Crippen molar-refractivity contribution in [3.8, 4) is 0 Å². The van der Waals surface area contributed by atoms with Crippen LogP contribution in [0.3, 0.4) is 0 Å². The number of nitrogens with zero attached hydrogens (tertiary/aromatic N) is 1. The largest absolute Gasteiger partial charge is 0.480 e. The summed E-state index contributed by atoms with van der Waals surface area (Å²) in [5, 5.41) is 11.1. The highest BCUT2D eigenvalue weighted by atomic mass is 16.5. The number of hydrogen-bond donors (Lipinski definition) is 2. The first-order chi connectivity index (χ1) is 8.83. The van der Waals surface area contributed by atoms with Crippen LogP contribution in [0.25, 0.3) is 0 Å². The summed E-state index contributed by atoms with van der Waals surface area (Å²) in [5.41, 5.74) is 0. The number of hydrogen-bond acceptors (Lipinski definition) is 5. The first-order valence-corrected chi connectivity index (χ1v) is 5.64. The number of aliphatic carboxylic acids is 1. The standard InChI is InChI=1S/C11H20N2O6/c1-7(10(16)19-4)5-13(2)11(17)12-8(6-18-3)9(14)15/h7-8H,5-6H2,1-4H3,(H,12,17)(H,14,15). The molecule has 0 aromatic rings. The van der Waals surface area contributed by atoms with E-state index in [0.29, 0.717) is 0 Å². The molecule has 0 rings (SSSR count). The quantitative estimate of drug-likeness (QED) is 0.609. The minimum absolute atomic E-state index is 0.123. The van der Waals surface area contributed by atoms with E-state index < -0.39 is 29.9 Å². The second kappa shape index (κ2) is 8.30. The smallest absolute Gasteiger partial charge is 0.328 e. The molecule has 0 aliphatic carbocycles. The molecule has 0 bridgehead atoms. The van der Waals surface area contributed by atoms with Gasteiger partial charge in [0, 0.05) is 20.7 Å². The van der Waals surface area contributed by atoms with Crippen LogP contribution in [0.15, 0.2) is 0 Å². The van der Waals surface area contributed by atoms with Crippen molar-refractivity contribution in [2.45, 2.75) is 13.0 Å². The van der Waals surface area contributed by atoms with E-state index >= 15 is 0 Å². The summed E-state index contributed by atoms with van der Waals surface area (Å²) in [7, 11) is 4.06. The van der Waals surface area contributed by atoms with E-state index in [4.69, 9.17) is 9.84 Å². The maximum Gasteiger partial charge on any atom is 0.328 e. The van der Waals surface area contributed by atoms with Crippen molar-refractivity contribution in [3.05, 3.63) is 0 Å². The lowest BCUT2D eigenvalue weighted by Gasteiger charge is -2.23. The van der Waals surface area contributed by atoms with Gasteiger partial charge in [-0.1, -0.05) is 6.92 Å². The molecular weight excluding hydrogens is 256 g/mol. The Balaban J connectivity index is 4.40. The fraction of sp³-hybridized carbons (Fsp3) is 0.727. The van der Waals surface area contributed by atoms with Gasteiger partial charge in [0.15, 0.2) is 6.04 Å². The fourth-order valence-corrected chi connectivity index (χ4v) is 1.37. The Morgan fingerprint density at radius 3 is 2.32 bits per heavy atom. The molecule has 0 spiro atoms. The predicted octanol–water partition coefficient (Wildman–Crippen LogP) is -0.463. The zero-order valence-corrected chi connectivity index (χ0v) is 11.5. The van der Waals surface area contributed by atoms with Crippen molar-refractivity contribution < 1.29 is 29.0 Å². The first kappa shape index (κ1) is 17.2. The van der Waals surface area contributed by atoms with Gasteiger partial charge in [0.1, 0.15) is 0 Å². The average molecular weight is 276 g/mol. The van der Waals surface area contributed by atoms with Gasteiger partial charge in [0.05, 0.1) is 19.6 Å². The Hall–Kier alpha value is -1.83. The number of nitrogens with one attached hydrogen (secondary N) is 1. The summed E-state index contributed by atoms with van der Waals surface area (Å²) in [4.78, 5) is 35.0. The number of carboxylic acid groups (broad SMARTS) is 1. The average Bonchev–Trinajstić information content (AvgIpc) is 2.36. The molecule has 0 saturated carbocycles. The molecule has 0 heterocycles. The maximum atomic E-state index is 11.7. The zero-order chi connectivity index (χ0) is 15.0. The van der Waals surface area contributed by atoms with Gasteiger partial charge in [-0.2, -0.15) is 0 Å². The van der Waals surface area contributed by atoms with E-state index in [2.05, 4.69) is 10.1 Å². The van der Waals surface area contributed by atoms with Crippen molar-refractivity contribution >= 4 is 18.0 Å². The molecule has 2 unspecified atom stereocenters. The Kier molecular flexibility index (Phi) is 7.50. The van der Waals surface area contributed by atoms with Crippen LogP contribution in [0.1, 0.15) is 6.92 Å². The van der Waals surface area contributed by atoms with Crippen molar-refractivity contribution in [1.29, 1.82) is 0 Å². The summed E-state index contributed by atoms with van der Waals surface area (Å²) >= 11 is 0. The number of carboxylic acids is 1. The number of amides is 2. The topological polar surface area (TPSA) is 105 Å². The van der Waals surface area contributed by atoms with Crippen LogP contribution < -0.4 is 5.32 Å². The van der Waals surface area contributed by atoms with Crippen LogP contribution in [-0.4, -0.2) is 68.4 Å². The highest BCUT2D eigenvalue weighted by Crippen LogP contribution is 2.01. The summed E-state index contributed by atoms with van der Waals surface area (Å²) in [6.07, 6.45) is 0. The first-order valence-electron chi connectivity index (χ1n) is 5.64. The number of ether oxygens (including phenoxy) is 2. The molecule has 0 fully saturated rings. The van der Waals surface area contributed by atoms with Gasteiger partial charge < -0.3 is 24.8 Å².